The van der Waals surface area contributed by atoms with Crippen LogP contribution in [0.5, 0.6) is 0 Å². The summed E-state index contributed by atoms with van der Waals surface area (Å²) in [4.78, 5) is 4.00. The highest BCUT2D eigenvalue weighted by atomic mass is 35.5. The van der Waals surface area contributed by atoms with Gasteiger partial charge >= 0.3 is 0 Å². The molecule has 1 aromatic rings. The second-order valence-electron chi connectivity index (χ2n) is 1.99. The molecule has 7 heteroatoms. The van der Waals surface area contributed by atoms with Crippen LogP contribution in [-0.2, 0) is 0 Å². The largest absolute Gasteiger partial charge is 0.412 e. The lowest BCUT2D eigenvalue weighted by molar-refractivity contribution is 0.824. The third kappa shape index (κ3) is 6.30. The molecule has 0 aliphatic carbocycles. The van der Waals surface area contributed by atoms with Crippen LogP contribution >= 0.6 is 24.6 Å². The number of rotatable bonds is 2. The zero-order chi connectivity index (χ0) is 8.81. The Hall–Kier alpha value is -1.24. The Bertz CT molecular complexity index is 293. The molecule has 0 fully saturated rings. The van der Waals surface area contributed by atoms with Crippen LogP contribution in [0, 0.1) is 0 Å². The van der Waals surface area contributed by atoms with Gasteiger partial charge in [-0.05, 0) is 24.4 Å². The van der Waals surface area contributed by atoms with Gasteiger partial charge < -0.3 is 11.2 Å². The molecule has 0 unspecified atom stereocenters. The van der Waals surface area contributed by atoms with Gasteiger partial charge in [-0.15, -0.1) is 12.4 Å². The van der Waals surface area contributed by atoms with Crippen molar-refractivity contribution in [2.75, 3.05) is 0 Å². The lowest BCUT2D eigenvalue weighted by atomic mass is 10.4. The minimum atomic E-state index is 0. The van der Waals surface area contributed by atoms with Gasteiger partial charge in [-0.3, -0.25) is 10.4 Å². The van der Waals surface area contributed by atoms with Gasteiger partial charge in [-0.25, -0.2) is 0 Å². The normalized spacial score (nSPS) is 8.57. The zero-order valence-corrected chi connectivity index (χ0v) is 8.81. The summed E-state index contributed by atoms with van der Waals surface area (Å²) in [5.74, 6) is 0. The van der Waals surface area contributed by atoms with Crippen molar-refractivity contribution in [1.82, 2.24) is 10.4 Å². The maximum Gasteiger partial charge on any atom is 0.184 e. The van der Waals surface area contributed by atoms with Crippen LogP contribution in [0.3, 0.4) is 0 Å². The smallest absolute Gasteiger partial charge is 0.184 e. The number of hydrazone groups is 1. The van der Waals surface area contributed by atoms with E-state index in [0.717, 1.165) is 5.69 Å². The maximum atomic E-state index is 5.14. The van der Waals surface area contributed by atoms with E-state index in [9.17, 15) is 0 Å². The average Bonchev–Trinajstić information content (AvgIpc) is 2.05. The molecule has 1 aromatic heterocycles. The van der Waals surface area contributed by atoms with Gasteiger partial charge in [0.15, 0.2) is 5.11 Å². The topological polar surface area (TPSA) is 94.8 Å². The van der Waals surface area contributed by atoms with Gasteiger partial charge in [0.2, 0.25) is 0 Å². The molecule has 1 rings (SSSR count). The molecule has 0 aromatic carbocycles. The fourth-order valence-electron chi connectivity index (χ4n) is 0.614. The molecular weight excluding hydrogens is 224 g/mol. The third-order valence-electron chi connectivity index (χ3n) is 1.06. The predicted octanol–water partition coefficient (Wildman–Crippen LogP) is -0.154. The van der Waals surface area contributed by atoms with Gasteiger partial charge in [0.05, 0.1) is 11.9 Å². The first-order chi connectivity index (χ1) is 5.79. The van der Waals surface area contributed by atoms with Crippen LogP contribution in [-0.4, -0.2) is 21.8 Å². The molecule has 0 saturated heterocycles. The van der Waals surface area contributed by atoms with Crippen LogP contribution < -0.4 is 11.2 Å². The minimum absolute atomic E-state index is 0. The Kier molecular flexibility index (Phi) is 9.10. The highest BCUT2D eigenvalue weighted by Crippen LogP contribution is 1.86. The van der Waals surface area contributed by atoms with E-state index in [1.54, 1.807) is 12.4 Å². The molecule has 0 radical (unpaired) electrons. The number of halogens is 1. The predicted molar refractivity (Wildman–Crippen MR) is 62.6 cm³/mol. The molecule has 0 amide bonds. The number of aromatic nitrogens is 1. The molecule has 0 saturated carbocycles. The Morgan fingerprint density at radius 1 is 1.57 bits per heavy atom. The van der Waals surface area contributed by atoms with E-state index in [-0.39, 0.29) is 23.0 Å². The van der Waals surface area contributed by atoms with Gasteiger partial charge in [-0.2, -0.15) is 5.10 Å². The van der Waals surface area contributed by atoms with Gasteiger partial charge in [-0.1, -0.05) is 6.07 Å². The lowest BCUT2D eigenvalue weighted by Gasteiger charge is -1.92. The number of nitrogens with two attached hydrogens (primary N) is 1. The van der Waals surface area contributed by atoms with E-state index in [0.29, 0.717) is 0 Å². The second-order valence-corrected chi connectivity index (χ2v) is 2.43. The monoisotopic (exact) mass is 234 g/mol. The van der Waals surface area contributed by atoms with Crippen molar-refractivity contribution in [2.24, 2.45) is 10.8 Å². The summed E-state index contributed by atoms with van der Waals surface area (Å²) in [6.07, 6.45) is 3.22. The Labute approximate surface area is 93.1 Å². The zero-order valence-electron chi connectivity index (χ0n) is 7.18. The van der Waals surface area contributed by atoms with E-state index in [2.05, 4.69) is 27.7 Å². The Balaban J connectivity index is 0. The molecule has 5 N–H and O–H groups in total. The van der Waals surface area contributed by atoms with Crippen molar-refractivity contribution < 1.29 is 5.48 Å². The Morgan fingerprint density at radius 3 is 2.79 bits per heavy atom. The van der Waals surface area contributed by atoms with Gasteiger partial charge in [0, 0.05) is 6.20 Å². The number of nitrogens with zero attached hydrogens (tertiary/aromatic N) is 2. The summed E-state index contributed by atoms with van der Waals surface area (Å²) < 4.78 is 0. The fraction of sp³-hybridized carbons (Fsp3) is 0. The molecular formula is C7H11ClN4OS. The van der Waals surface area contributed by atoms with E-state index in [4.69, 9.17) is 5.73 Å². The lowest BCUT2D eigenvalue weighted by Crippen LogP contribution is -2.24. The standard InChI is InChI=1S/C7H8N4S.ClH.H2O/c8-7(12)11-10-5-6-3-1-2-4-9-6;;/h1-5H,(H3,8,11,12);1H;1H2. The summed E-state index contributed by atoms with van der Waals surface area (Å²) in [6.45, 7) is 0. The van der Waals surface area contributed by atoms with E-state index in [1.165, 1.54) is 0 Å². The van der Waals surface area contributed by atoms with Crippen molar-refractivity contribution in [2.45, 2.75) is 0 Å². The number of hydrogen-bond donors (Lipinski definition) is 2. The van der Waals surface area contributed by atoms with Crippen molar-refractivity contribution in [3.8, 4) is 0 Å². The summed E-state index contributed by atoms with van der Waals surface area (Å²) in [5, 5.41) is 3.88. The summed E-state index contributed by atoms with van der Waals surface area (Å²) in [5.41, 5.74) is 8.33. The van der Waals surface area contributed by atoms with Crippen molar-refractivity contribution in [3.63, 3.8) is 0 Å². The number of nitrogens with one attached hydrogen (secondary N) is 1. The fourth-order valence-corrected chi connectivity index (χ4v) is 0.667. The molecule has 5 nitrogen and oxygen atoms in total. The van der Waals surface area contributed by atoms with E-state index in [1.807, 2.05) is 18.2 Å². The highest BCUT2D eigenvalue weighted by molar-refractivity contribution is 7.80. The molecule has 0 spiro atoms. The van der Waals surface area contributed by atoms with Crippen molar-refractivity contribution in [3.05, 3.63) is 30.1 Å². The van der Waals surface area contributed by atoms with Crippen LogP contribution in [0.25, 0.3) is 0 Å². The quantitative estimate of drug-likeness (QED) is 0.423. The highest BCUT2D eigenvalue weighted by Gasteiger charge is 1.84. The van der Waals surface area contributed by atoms with Crippen LogP contribution in [0.2, 0.25) is 0 Å². The third-order valence-corrected chi connectivity index (χ3v) is 1.15. The molecule has 0 atom stereocenters. The maximum absolute atomic E-state index is 5.14. The van der Waals surface area contributed by atoms with Crippen LogP contribution in [0.4, 0.5) is 0 Å². The molecule has 1 heterocycles. The Morgan fingerprint density at radius 2 is 2.29 bits per heavy atom. The second kappa shape index (κ2) is 8.36. The molecule has 0 bridgehead atoms. The summed E-state index contributed by atoms with van der Waals surface area (Å²) in [7, 11) is 0. The molecule has 0 aliphatic heterocycles. The SMILES string of the molecule is Cl.NC(=S)NN=Cc1ccccn1.O. The first kappa shape index (κ1) is 15.2. The molecule has 0 aliphatic rings. The average molecular weight is 235 g/mol. The summed E-state index contributed by atoms with van der Waals surface area (Å²) >= 11 is 4.54. The molecule has 78 valence electrons. The van der Waals surface area contributed by atoms with Crippen molar-refractivity contribution >= 4 is 36.0 Å². The van der Waals surface area contributed by atoms with Gasteiger partial charge in [0.25, 0.3) is 0 Å². The first-order valence-electron chi connectivity index (χ1n) is 3.28. The van der Waals surface area contributed by atoms with E-state index >= 15 is 0 Å². The first-order valence-corrected chi connectivity index (χ1v) is 3.69. The number of thiocarbonyl (C=S) groups is 1. The van der Waals surface area contributed by atoms with Gasteiger partial charge in [0.1, 0.15) is 0 Å². The number of pyridine rings is 1. The van der Waals surface area contributed by atoms with Crippen LogP contribution in [0.1, 0.15) is 5.69 Å². The summed E-state index contributed by atoms with van der Waals surface area (Å²) in [6, 6.07) is 5.53. The molecule has 14 heavy (non-hydrogen) atoms. The number of hydrogen-bond acceptors (Lipinski definition) is 3. The van der Waals surface area contributed by atoms with Crippen molar-refractivity contribution in [1.29, 1.82) is 0 Å². The minimum Gasteiger partial charge on any atom is -0.412 e. The van der Waals surface area contributed by atoms with E-state index < -0.39 is 0 Å². The van der Waals surface area contributed by atoms with Crippen LogP contribution in [0.15, 0.2) is 29.5 Å².